The van der Waals surface area contributed by atoms with Gasteiger partial charge in [0, 0.05) is 17.9 Å². The predicted octanol–water partition coefficient (Wildman–Crippen LogP) is 4.07. The molecule has 0 fully saturated rings. The van der Waals surface area contributed by atoms with Crippen molar-refractivity contribution in [2.75, 3.05) is 23.4 Å². The molecule has 0 saturated heterocycles. The molecule has 2 aromatic rings. The van der Waals surface area contributed by atoms with Gasteiger partial charge in [0.05, 0.1) is 6.61 Å². The highest BCUT2D eigenvalue weighted by atomic mass is 16.5. The molecule has 3 rings (SSSR count). The average Bonchev–Trinajstić information content (AvgIpc) is 2.56. The molecular formula is C18H20N2O2. The number of carbonyl (C=O) groups is 1. The number of rotatable bonds is 3. The summed E-state index contributed by atoms with van der Waals surface area (Å²) in [6.45, 7) is 3.33. The number of anilines is 2. The minimum Gasteiger partial charge on any atom is -0.494 e. The molecule has 0 saturated carbocycles. The third-order valence-electron chi connectivity index (χ3n) is 3.77. The molecule has 114 valence electrons. The molecule has 22 heavy (non-hydrogen) atoms. The van der Waals surface area contributed by atoms with Gasteiger partial charge in [0.25, 0.3) is 0 Å². The van der Waals surface area contributed by atoms with E-state index in [0.29, 0.717) is 6.61 Å². The maximum atomic E-state index is 12.5. The van der Waals surface area contributed by atoms with Crippen molar-refractivity contribution in [3.8, 4) is 5.75 Å². The Morgan fingerprint density at radius 3 is 2.73 bits per heavy atom. The Kier molecular flexibility index (Phi) is 4.28. The van der Waals surface area contributed by atoms with E-state index in [1.54, 1.807) is 0 Å². The molecule has 2 amide bonds. The zero-order valence-corrected chi connectivity index (χ0v) is 12.7. The van der Waals surface area contributed by atoms with Crippen LogP contribution in [0.3, 0.4) is 0 Å². The SMILES string of the molecule is CCOc1ccc(NC(=O)N2CCCc3ccccc32)cc1. The number of hydrogen-bond acceptors (Lipinski definition) is 2. The quantitative estimate of drug-likeness (QED) is 0.927. The first kappa shape index (κ1) is 14.4. The first-order valence-corrected chi connectivity index (χ1v) is 7.67. The Labute approximate surface area is 130 Å². The van der Waals surface area contributed by atoms with Crippen LogP contribution in [0, 0.1) is 0 Å². The van der Waals surface area contributed by atoms with E-state index in [-0.39, 0.29) is 6.03 Å². The first-order chi connectivity index (χ1) is 10.8. The number of urea groups is 1. The van der Waals surface area contributed by atoms with Crippen LogP contribution >= 0.6 is 0 Å². The van der Waals surface area contributed by atoms with E-state index in [4.69, 9.17) is 4.74 Å². The Morgan fingerprint density at radius 2 is 1.95 bits per heavy atom. The summed E-state index contributed by atoms with van der Waals surface area (Å²) < 4.78 is 5.41. The topological polar surface area (TPSA) is 41.6 Å². The molecule has 1 heterocycles. The molecule has 1 aliphatic rings. The third-order valence-corrected chi connectivity index (χ3v) is 3.77. The fourth-order valence-electron chi connectivity index (χ4n) is 2.74. The number of nitrogens with zero attached hydrogens (tertiary/aromatic N) is 1. The Bertz CT molecular complexity index is 652. The zero-order valence-electron chi connectivity index (χ0n) is 12.7. The second-order valence-electron chi connectivity index (χ2n) is 5.27. The minimum atomic E-state index is -0.0868. The van der Waals surface area contributed by atoms with Crippen LogP contribution in [0.15, 0.2) is 48.5 Å². The van der Waals surface area contributed by atoms with Crippen LogP contribution < -0.4 is 15.0 Å². The lowest BCUT2D eigenvalue weighted by Gasteiger charge is -2.29. The number of hydrogen-bond donors (Lipinski definition) is 1. The smallest absolute Gasteiger partial charge is 0.326 e. The summed E-state index contributed by atoms with van der Waals surface area (Å²) in [5, 5.41) is 2.95. The van der Waals surface area contributed by atoms with E-state index in [0.717, 1.165) is 36.5 Å². The van der Waals surface area contributed by atoms with Crippen molar-refractivity contribution in [2.45, 2.75) is 19.8 Å². The van der Waals surface area contributed by atoms with Crippen LogP contribution in [0.5, 0.6) is 5.75 Å². The van der Waals surface area contributed by atoms with Crippen molar-refractivity contribution >= 4 is 17.4 Å². The van der Waals surface area contributed by atoms with Gasteiger partial charge in [-0.25, -0.2) is 4.79 Å². The number of carbonyl (C=O) groups excluding carboxylic acids is 1. The molecular weight excluding hydrogens is 276 g/mol. The van der Waals surface area contributed by atoms with Gasteiger partial charge < -0.3 is 10.1 Å². The summed E-state index contributed by atoms with van der Waals surface area (Å²) >= 11 is 0. The first-order valence-electron chi connectivity index (χ1n) is 7.67. The number of aryl methyl sites for hydroxylation is 1. The monoisotopic (exact) mass is 296 g/mol. The van der Waals surface area contributed by atoms with Crippen molar-refractivity contribution in [3.05, 3.63) is 54.1 Å². The summed E-state index contributed by atoms with van der Waals surface area (Å²) in [6, 6.07) is 15.5. The van der Waals surface area contributed by atoms with E-state index < -0.39 is 0 Å². The minimum absolute atomic E-state index is 0.0868. The van der Waals surface area contributed by atoms with Crippen LogP contribution in [0.25, 0.3) is 0 Å². The molecule has 4 nitrogen and oxygen atoms in total. The van der Waals surface area contributed by atoms with E-state index in [1.807, 2.05) is 54.3 Å². The molecule has 0 unspecified atom stereocenters. The molecule has 0 bridgehead atoms. The number of fused-ring (bicyclic) bond motifs is 1. The molecule has 0 atom stereocenters. The summed E-state index contributed by atoms with van der Waals surface area (Å²) in [5.41, 5.74) is 3.02. The van der Waals surface area contributed by atoms with Gasteiger partial charge >= 0.3 is 6.03 Å². The fourth-order valence-corrected chi connectivity index (χ4v) is 2.74. The van der Waals surface area contributed by atoms with Crippen LogP contribution in [0.1, 0.15) is 18.9 Å². The highest BCUT2D eigenvalue weighted by Crippen LogP contribution is 2.27. The lowest BCUT2D eigenvalue weighted by Crippen LogP contribution is -2.38. The van der Waals surface area contributed by atoms with Gasteiger partial charge in [0.1, 0.15) is 5.75 Å². The third kappa shape index (κ3) is 3.06. The highest BCUT2D eigenvalue weighted by Gasteiger charge is 2.21. The normalized spacial score (nSPS) is 13.4. The molecule has 4 heteroatoms. The number of ether oxygens (including phenoxy) is 1. The molecule has 2 aromatic carbocycles. The summed E-state index contributed by atoms with van der Waals surface area (Å²) in [4.78, 5) is 14.3. The van der Waals surface area contributed by atoms with Gasteiger partial charge in [-0.15, -0.1) is 0 Å². The highest BCUT2D eigenvalue weighted by molar-refractivity contribution is 6.02. The van der Waals surface area contributed by atoms with Crippen LogP contribution in [-0.2, 0) is 6.42 Å². The molecule has 0 spiro atoms. The van der Waals surface area contributed by atoms with Crippen LogP contribution in [0.2, 0.25) is 0 Å². The van der Waals surface area contributed by atoms with Gasteiger partial charge in [-0.2, -0.15) is 0 Å². The molecule has 1 N–H and O–H groups in total. The Balaban J connectivity index is 1.72. The number of para-hydroxylation sites is 1. The van der Waals surface area contributed by atoms with E-state index >= 15 is 0 Å². The predicted molar refractivity (Wildman–Crippen MR) is 88.7 cm³/mol. The van der Waals surface area contributed by atoms with Gasteiger partial charge in [-0.1, -0.05) is 18.2 Å². The maximum Gasteiger partial charge on any atom is 0.326 e. The lowest BCUT2D eigenvalue weighted by atomic mass is 10.0. The summed E-state index contributed by atoms with van der Waals surface area (Å²) in [7, 11) is 0. The number of benzene rings is 2. The molecule has 0 aromatic heterocycles. The summed E-state index contributed by atoms with van der Waals surface area (Å²) in [6.07, 6.45) is 2.02. The Hall–Kier alpha value is -2.49. The lowest BCUT2D eigenvalue weighted by molar-refractivity contribution is 0.256. The van der Waals surface area contributed by atoms with E-state index in [1.165, 1.54) is 5.56 Å². The molecule has 1 aliphatic heterocycles. The van der Waals surface area contributed by atoms with E-state index in [9.17, 15) is 4.79 Å². The standard InChI is InChI=1S/C18H20N2O2/c1-2-22-16-11-9-15(10-12-16)19-18(21)20-13-5-7-14-6-3-4-8-17(14)20/h3-4,6,8-12H,2,5,7,13H2,1H3,(H,19,21). The Morgan fingerprint density at radius 1 is 1.18 bits per heavy atom. The van der Waals surface area contributed by atoms with Gasteiger partial charge in [0.15, 0.2) is 0 Å². The number of nitrogens with one attached hydrogen (secondary N) is 1. The van der Waals surface area contributed by atoms with Crippen molar-refractivity contribution < 1.29 is 9.53 Å². The fraction of sp³-hybridized carbons (Fsp3) is 0.278. The van der Waals surface area contributed by atoms with Crippen molar-refractivity contribution in [3.63, 3.8) is 0 Å². The average molecular weight is 296 g/mol. The van der Waals surface area contributed by atoms with Gasteiger partial charge in [-0.05, 0) is 55.7 Å². The van der Waals surface area contributed by atoms with Crippen LogP contribution in [0.4, 0.5) is 16.2 Å². The van der Waals surface area contributed by atoms with Crippen LogP contribution in [-0.4, -0.2) is 19.2 Å². The zero-order chi connectivity index (χ0) is 15.4. The van der Waals surface area contributed by atoms with Crippen molar-refractivity contribution in [2.24, 2.45) is 0 Å². The van der Waals surface area contributed by atoms with E-state index in [2.05, 4.69) is 11.4 Å². The second-order valence-corrected chi connectivity index (χ2v) is 5.27. The summed E-state index contributed by atoms with van der Waals surface area (Å²) in [5.74, 6) is 0.809. The maximum absolute atomic E-state index is 12.5. The molecule has 0 radical (unpaired) electrons. The van der Waals surface area contributed by atoms with Gasteiger partial charge in [0.2, 0.25) is 0 Å². The second kappa shape index (κ2) is 6.52. The largest absolute Gasteiger partial charge is 0.494 e. The molecule has 0 aliphatic carbocycles. The van der Waals surface area contributed by atoms with Crippen molar-refractivity contribution in [1.82, 2.24) is 0 Å². The van der Waals surface area contributed by atoms with Gasteiger partial charge in [-0.3, -0.25) is 4.90 Å². The van der Waals surface area contributed by atoms with Crippen molar-refractivity contribution in [1.29, 1.82) is 0 Å². The number of amides is 2.